The quantitative estimate of drug-likeness (QED) is 0.0838. The molecule has 0 aliphatic heterocycles. The lowest BCUT2D eigenvalue weighted by atomic mass is 10.1. The Morgan fingerprint density at radius 3 is 1.49 bits per heavy atom. The van der Waals surface area contributed by atoms with Crippen molar-refractivity contribution in [3.8, 4) is 0 Å². The standard InChI is InChI=1S/C23H26N6O15S5/c1-14-22(24)19(28-26-15-2-4-16(5-3-15)45(30,31)10-8-43-48(37,38)39)13-20(23(14)25)29-27-18-7-6-17(12-21(18)47(34,35)36)46(32,33)11-9-44-49(40,41)42/h2-7,12-13H,8-11,24-25H2,1H3,(H,34,35,36)(H,37,38,39)(H,40,41,42)/b28-26+,29-27+. The zero-order chi connectivity index (χ0) is 37.0. The summed E-state index contributed by atoms with van der Waals surface area (Å²) in [6.07, 6.45) is 0. The van der Waals surface area contributed by atoms with Gasteiger partial charge in [0.1, 0.15) is 22.0 Å². The summed E-state index contributed by atoms with van der Waals surface area (Å²) in [6.45, 7) is -0.326. The summed E-state index contributed by atoms with van der Waals surface area (Å²) in [4.78, 5) is -1.87. The Bertz CT molecular complexity index is 2360. The lowest BCUT2D eigenvalue weighted by Crippen LogP contribution is -2.16. The fourth-order valence-electron chi connectivity index (χ4n) is 3.63. The predicted octanol–water partition coefficient (Wildman–Crippen LogP) is 2.42. The zero-order valence-electron chi connectivity index (χ0n) is 24.7. The molecule has 0 heterocycles. The molecule has 7 N–H and O–H groups in total. The van der Waals surface area contributed by atoms with E-state index >= 15 is 0 Å². The van der Waals surface area contributed by atoms with E-state index in [0.717, 1.165) is 24.3 Å². The first-order valence-electron chi connectivity index (χ1n) is 12.8. The highest BCUT2D eigenvalue weighted by Crippen LogP contribution is 2.39. The molecule has 0 aromatic heterocycles. The number of nitrogens with zero attached hydrogens (tertiary/aromatic N) is 4. The van der Waals surface area contributed by atoms with Gasteiger partial charge < -0.3 is 11.5 Å². The topological polar surface area (TPSA) is 351 Å². The van der Waals surface area contributed by atoms with Gasteiger partial charge in [-0.1, -0.05) is 0 Å². The number of hydrogen-bond acceptors (Lipinski definition) is 18. The molecule has 0 aliphatic carbocycles. The van der Waals surface area contributed by atoms with E-state index in [1.165, 1.54) is 25.1 Å². The molecule has 3 rings (SSSR count). The molecule has 26 heteroatoms. The van der Waals surface area contributed by atoms with Crippen LogP contribution in [0.1, 0.15) is 5.56 Å². The highest BCUT2D eigenvalue weighted by atomic mass is 32.3. The molecule has 0 radical (unpaired) electrons. The monoisotopic (exact) mass is 786 g/mol. The molecule has 3 aromatic rings. The Morgan fingerprint density at radius 1 is 0.592 bits per heavy atom. The first-order valence-corrected chi connectivity index (χ1v) is 20.3. The Labute approximate surface area is 280 Å². The Kier molecular flexibility index (Phi) is 12.0. The molecule has 49 heavy (non-hydrogen) atoms. The number of rotatable bonds is 15. The molecular formula is C23H26N6O15S5. The molecule has 0 saturated carbocycles. The first-order chi connectivity index (χ1) is 22.4. The van der Waals surface area contributed by atoms with Crippen LogP contribution in [0.2, 0.25) is 0 Å². The predicted molar refractivity (Wildman–Crippen MR) is 170 cm³/mol. The van der Waals surface area contributed by atoms with Crippen molar-refractivity contribution in [2.24, 2.45) is 20.5 Å². The van der Waals surface area contributed by atoms with Crippen molar-refractivity contribution in [1.29, 1.82) is 0 Å². The maximum Gasteiger partial charge on any atom is 0.397 e. The maximum atomic E-state index is 12.5. The number of benzene rings is 3. The van der Waals surface area contributed by atoms with Gasteiger partial charge in [-0.3, -0.25) is 13.7 Å². The Morgan fingerprint density at radius 2 is 1.02 bits per heavy atom. The van der Waals surface area contributed by atoms with Crippen LogP contribution in [-0.4, -0.2) is 80.5 Å². The molecule has 0 amide bonds. The van der Waals surface area contributed by atoms with Crippen LogP contribution in [0.5, 0.6) is 0 Å². The Balaban J connectivity index is 1.90. The van der Waals surface area contributed by atoms with Gasteiger partial charge in [-0.2, -0.15) is 30.4 Å². The molecule has 0 saturated heterocycles. The van der Waals surface area contributed by atoms with E-state index in [0.29, 0.717) is 6.07 Å². The van der Waals surface area contributed by atoms with E-state index in [1.807, 2.05) is 0 Å². The van der Waals surface area contributed by atoms with Gasteiger partial charge in [0.15, 0.2) is 19.7 Å². The molecule has 0 atom stereocenters. The van der Waals surface area contributed by atoms with E-state index < -0.39 is 90.8 Å². The van der Waals surface area contributed by atoms with Crippen LogP contribution in [-0.2, 0) is 59.0 Å². The second kappa shape index (κ2) is 14.9. The number of nitrogen functional groups attached to an aromatic ring is 2. The highest BCUT2D eigenvalue weighted by Gasteiger charge is 2.23. The zero-order valence-corrected chi connectivity index (χ0v) is 28.8. The molecule has 268 valence electrons. The van der Waals surface area contributed by atoms with E-state index in [2.05, 4.69) is 28.8 Å². The number of nitrogens with two attached hydrogens (primary N) is 2. The minimum atomic E-state index is -5.11. The van der Waals surface area contributed by atoms with Gasteiger partial charge in [-0.05, 0) is 61.0 Å². The van der Waals surface area contributed by atoms with Crippen LogP contribution >= 0.6 is 0 Å². The lowest BCUT2D eigenvalue weighted by Gasteiger charge is -2.10. The summed E-state index contributed by atoms with van der Waals surface area (Å²) in [6, 6.07) is 8.39. The molecule has 21 nitrogen and oxygen atoms in total. The normalized spacial score (nSPS) is 13.4. The van der Waals surface area contributed by atoms with Crippen LogP contribution in [0, 0.1) is 6.92 Å². The van der Waals surface area contributed by atoms with Crippen molar-refractivity contribution >= 4 is 84.7 Å². The van der Waals surface area contributed by atoms with Crippen LogP contribution in [0.25, 0.3) is 0 Å². The summed E-state index contributed by atoms with van der Waals surface area (Å²) >= 11 is 0. The van der Waals surface area contributed by atoms with Gasteiger partial charge in [0.25, 0.3) is 10.1 Å². The smallest absolute Gasteiger partial charge is 0.397 e. The van der Waals surface area contributed by atoms with Gasteiger partial charge in [-0.25, -0.2) is 25.2 Å². The van der Waals surface area contributed by atoms with Gasteiger partial charge >= 0.3 is 20.8 Å². The molecular weight excluding hydrogens is 761 g/mol. The van der Waals surface area contributed by atoms with Crippen LogP contribution in [0.4, 0.5) is 34.1 Å². The summed E-state index contributed by atoms with van der Waals surface area (Å²) in [7, 11) is -23.3. The third-order valence-corrected chi connectivity index (χ3v) is 11.3. The maximum absolute atomic E-state index is 12.5. The van der Waals surface area contributed by atoms with E-state index in [9.17, 15) is 46.6 Å². The average molecular weight is 787 g/mol. The van der Waals surface area contributed by atoms with Crippen molar-refractivity contribution in [1.82, 2.24) is 0 Å². The van der Waals surface area contributed by atoms with Crippen LogP contribution in [0.3, 0.4) is 0 Å². The van der Waals surface area contributed by atoms with Crippen molar-refractivity contribution in [3.05, 3.63) is 54.1 Å². The van der Waals surface area contributed by atoms with Crippen LogP contribution in [0.15, 0.2) is 83.7 Å². The summed E-state index contributed by atoms with van der Waals surface area (Å²) in [5.74, 6) is -1.74. The van der Waals surface area contributed by atoms with Crippen molar-refractivity contribution in [3.63, 3.8) is 0 Å². The SMILES string of the molecule is Cc1c(N)c(/N=N/c2ccc(S(=O)(=O)CCOS(=O)(=O)O)cc2)cc(/N=N/c2ccc(S(=O)(=O)CCOS(=O)(=O)O)cc2S(=O)(=O)O)c1N. The van der Waals surface area contributed by atoms with Crippen LogP contribution < -0.4 is 11.5 Å². The van der Waals surface area contributed by atoms with Gasteiger partial charge in [0.05, 0.1) is 51.6 Å². The fourth-order valence-corrected chi connectivity index (χ4v) is 7.35. The van der Waals surface area contributed by atoms with Gasteiger partial charge in [0, 0.05) is 0 Å². The molecule has 0 unspecified atom stereocenters. The molecule has 0 spiro atoms. The summed E-state index contributed by atoms with van der Waals surface area (Å²) < 4.78 is 151. The first kappa shape index (κ1) is 39.4. The number of sulfone groups is 2. The molecule has 0 aliphatic rings. The minimum absolute atomic E-state index is 0.0109. The minimum Gasteiger partial charge on any atom is -0.397 e. The number of azo groups is 2. The Hall–Kier alpha value is -3.99. The molecule has 0 fully saturated rings. The third-order valence-electron chi connectivity index (χ3n) is 6.10. The molecule has 3 aromatic carbocycles. The van der Waals surface area contributed by atoms with Crippen molar-refractivity contribution < 1.29 is 64.1 Å². The largest absolute Gasteiger partial charge is 0.397 e. The summed E-state index contributed by atoms with van der Waals surface area (Å²) in [5, 5.41) is 15.6. The van der Waals surface area contributed by atoms with Gasteiger partial charge in [0.2, 0.25) is 0 Å². The number of anilines is 2. The highest BCUT2D eigenvalue weighted by molar-refractivity contribution is 7.92. The second-order valence-corrected chi connectivity index (χ2v) is 17.3. The van der Waals surface area contributed by atoms with E-state index in [-0.39, 0.29) is 38.9 Å². The van der Waals surface area contributed by atoms with E-state index in [1.54, 1.807) is 0 Å². The van der Waals surface area contributed by atoms with Crippen molar-refractivity contribution in [2.45, 2.75) is 21.6 Å². The average Bonchev–Trinajstić information content (AvgIpc) is 2.97. The lowest BCUT2D eigenvalue weighted by molar-refractivity contribution is 0.282. The number of hydrogen-bond donors (Lipinski definition) is 5. The fraction of sp³-hybridized carbons (Fsp3) is 0.217. The van der Waals surface area contributed by atoms with E-state index in [4.69, 9.17) is 20.6 Å². The van der Waals surface area contributed by atoms with Crippen molar-refractivity contribution in [2.75, 3.05) is 36.2 Å². The van der Waals surface area contributed by atoms with Gasteiger partial charge in [-0.15, -0.1) is 15.3 Å². The summed E-state index contributed by atoms with van der Waals surface area (Å²) in [5.41, 5.74) is 11.9. The molecule has 0 bridgehead atoms. The third kappa shape index (κ3) is 11.3. The second-order valence-electron chi connectivity index (χ2n) is 9.50.